The average Bonchev–Trinajstić information content (AvgIpc) is 2.79. The third kappa shape index (κ3) is 11.9. The fraction of sp³-hybridized carbons (Fsp3) is 0.958. The van der Waals surface area contributed by atoms with E-state index in [4.69, 9.17) is 68.6 Å². The number of unbranched alkanes of at least 4 members (excludes halogenated alkanes) is 4. The molecule has 0 radical (unpaired) electrons. The number of rotatable bonds is 18. The molecule has 202 valence electrons. The molecular formula is C24H44Cl3NO6. The van der Waals surface area contributed by atoms with Crippen molar-refractivity contribution in [3.63, 3.8) is 0 Å². The molecule has 1 heterocycles. The summed E-state index contributed by atoms with van der Waals surface area (Å²) in [5.41, 5.74) is 0. The third-order valence-corrected chi connectivity index (χ3v) is 5.95. The lowest BCUT2D eigenvalue weighted by molar-refractivity contribution is -0.308. The smallest absolute Gasteiger partial charge is 0.265 e. The summed E-state index contributed by atoms with van der Waals surface area (Å²) in [6, 6.07) is 0. The second-order valence-electron chi connectivity index (χ2n) is 8.48. The lowest BCUT2D eigenvalue weighted by Crippen LogP contribution is -2.62. The van der Waals surface area contributed by atoms with Gasteiger partial charge in [0.05, 0.1) is 6.61 Å². The van der Waals surface area contributed by atoms with Crippen LogP contribution < -0.4 is 0 Å². The topological polar surface area (TPSA) is 79.2 Å². The van der Waals surface area contributed by atoms with E-state index in [0.717, 1.165) is 51.4 Å². The van der Waals surface area contributed by atoms with E-state index in [1.807, 2.05) is 0 Å². The molecule has 0 amide bonds. The monoisotopic (exact) mass is 547 g/mol. The summed E-state index contributed by atoms with van der Waals surface area (Å²) in [4.78, 5) is 0. The van der Waals surface area contributed by atoms with Crippen molar-refractivity contribution in [2.24, 2.45) is 0 Å². The van der Waals surface area contributed by atoms with Gasteiger partial charge in [-0.2, -0.15) is 0 Å². The van der Waals surface area contributed by atoms with E-state index in [1.165, 1.54) is 0 Å². The third-order valence-electron chi connectivity index (χ3n) is 5.43. The Morgan fingerprint density at radius 1 is 0.735 bits per heavy atom. The molecule has 1 rings (SSSR count). The van der Waals surface area contributed by atoms with Gasteiger partial charge in [-0.05, 0) is 25.7 Å². The summed E-state index contributed by atoms with van der Waals surface area (Å²) in [6.07, 6.45) is 4.57. The SMILES string of the molecule is CCCCOCC1OC(OC(=N)C(Cl)(Cl)Cl)[C@@H](OCCCC)C(OCCCC)[C@H]1OCCCC. The molecule has 34 heavy (non-hydrogen) atoms. The van der Waals surface area contributed by atoms with Gasteiger partial charge in [-0.25, -0.2) is 0 Å². The molecule has 0 aromatic rings. The quantitative estimate of drug-likeness (QED) is 0.0918. The van der Waals surface area contributed by atoms with E-state index < -0.39 is 40.4 Å². The minimum atomic E-state index is -2.02. The number of halogens is 3. The molecule has 0 aliphatic carbocycles. The molecule has 10 heteroatoms. The number of hydrogen-bond acceptors (Lipinski definition) is 7. The standard InChI is InChI=1S/C24H44Cl3NO6/c1-5-9-13-29-17-18-19(30-14-10-6-2)20(31-15-11-7-3)21(32-16-12-8-4)22(33-18)34-23(28)24(25,26)27/h18-22,28H,5-17H2,1-4H3/t18?,19-,20?,21-,22?/m0/s1. The van der Waals surface area contributed by atoms with Gasteiger partial charge in [-0.3, -0.25) is 5.41 Å². The molecule has 0 aromatic carbocycles. The van der Waals surface area contributed by atoms with Gasteiger partial charge in [-0.15, -0.1) is 0 Å². The summed E-state index contributed by atoms with van der Waals surface area (Å²) in [5.74, 6) is -0.532. The Kier molecular flexibility index (Phi) is 17.4. The fourth-order valence-electron chi connectivity index (χ4n) is 3.39. The van der Waals surface area contributed by atoms with Gasteiger partial charge in [0.15, 0.2) is 0 Å². The van der Waals surface area contributed by atoms with Crippen LogP contribution in [0, 0.1) is 5.41 Å². The van der Waals surface area contributed by atoms with Crippen molar-refractivity contribution >= 4 is 40.7 Å². The van der Waals surface area contributed by atoms with Crippen LogP contribution in [-0.2, 0) is 28.4 Å². The molecule has 1 fully saturated rings. The zero-order valence-electron chi connectivity index (χ0n) is 21.2. The van der Waals surface area contributed by atoms with Gasteiger partial charge in [0.2, 0.25) is 12.2 Å². The number of hydrogen-bond donors (Lipinski definition) is 1. The Morgan fingerprint density at radius 2 is 1.21 bits per heavy atom. The Balaban J connectivity index is 3.19. The molecule has 0 bridgehead atoms. The van der Waals surface area contributed by atoms with Crippen LogP contribution in [0.5, 0.6) is 0 Å². The van der Waals surface area contributed by atoms with Crippen molar-refractivity contribution in [2.45, 2.75) is 114 Å². The number of alkyl halides is 3. The highest BCUT2D eigenvalue weighted by Crippen LogP contribution is 2.33. The molecule has 5 atom stereocenters. The van der Waals surface area contributed by atoms with E-state index in [2.05, 4.69) is 27.7 Å². The van der Waals surface area contributed by atoms with Crippen LogP contribution in [0.15, 0.2) is 0 Å². The lowest BCUT2D eigenvalue weighted by Gasteiger charge is -2.46. The Labute approximate surface area is 220 Å². The Morgan fingerprint density at radius 3 is 1.71 bits per heavy atom. The van der Waals surface area contributed by atoms with Gasteiger partial charge in [0.25, 0.3) is 3.79 Å². The highest BCUT2D eigenvalue weighted by molar-refractivity contribution is 6.76. The molecule has 1 N–H and O–H groups in total. The predicted molar refractivity (Wildman–Crippen MR) is 137 cm³/mol. The van der Waals surface area contributed by atoms with Gasteiger partial charge in [-0.1, -0.05) is 88.2 Å². The molecule has 1 saturated heterocycles. The summed E-state index contributed by atoms with van der Waals surface area (Å²) >= 11 is 17.7. The maximum atomic E-state index is 8.10. The van der Waals surface area contributed by atoms with E-state index in [9.17, 15) is 0 Å². The van der Waals surface area contributed by atoms with Crippen LogP contribution in [-0.4, -0.2) is 73.4 Å². The molecule has 0 saturated carbocycles. The molecule has 7 nitrogen and oxygen atoms in total. The highest BCUT2D eigenvalue weighted by Gasteiger charge is 2.50. The maximum Gasteiger partial charge on any atom is 0.265 e. The molecule has 0 spiro atoms. The van der Waals surface area contributed by atoms with Crippen molar-refractivity contribution in [3.05, 3.63) is 0 Å². The average molecular weight is 549 g/mol. The van der Waals surface area contributed by atoms with E-state index in [0.29, 0.717) is 33.0 Å². The lowest BCUT2D eigenvalue weighted by atomic mass is 9.98. The molecule has 3 unspecified atom stereocenters. The van der Waals surface area contributed by atoms with Crippen LogP contribution in [0.25, 0.3) is 0 Å². The van der Waals surface area contributed by atoms with Crippen LogP contribution in [0.4, 0.5) is 0 Å². The van der Waals surface area contributed by atoms with Gasteiger partial charge in [0, 0.05) is 26.4 Å². The largest absolute Gasteiger partial charge is 0.445 e. The second kappa shape index (κ2) is 18.4. The van der Waals surface area contributed by atoms with Crippen molar-refractivity contribution < 1.29 is 28.4 Å². The van der Waals surface area contributed by atoms with Crippen molar-refractivity contribution in [3.8, 4) is 0 Å². The Hall–Kier alpha value is 0.140. The molecule has 1 aliphatic heterocycles. The first-order valence-corrected chi connectivity index (χ1v) is 13.8. The first-order valence-electron chi connectivity index (χ1n) is 12.7. The van der Waals surface area contributed by atoms with E-state index >= 15 is 0 Å². The normalized spacial score (nSPS) is 25.4. The summed E-state index contributed by atoms with van der Waals surface area (Å²) in [6.45, 7) is 10.9. The van der Waals surface area contributed by atoms with Crippen LogP contribution >= 0.6 is 34.8 Å². The number of nitrogens with one attached hydrogen (secondary N) is 1. The maximum absolute atomic E-state index is 8.10. The zero-order chi connectivity index (χ0) is 25.4. The summed E-state index contributed by atoms with van der Waals surface area (Å²) < 4.78 is 34.7. The van der Waals surface area contributed by atoms with E-state index in [-0.39, 0.29) is 0 Å². The second-order valence-corrected chi connectivity index (χ2v) is 10.8. The first kappa shape index (κ1) is 32.2. The predicted octanol–water partition coefficient (Wildman–Crippen LogP) is 6.45. The molecule has 0 aromatic heterocycles. The minimum Gasteiger partial charge on any atom is -0.445 e. The number of ether oxygens (including phenoxy) is 6. The summed E-state index contributed by atoms with van der Waals surface area (Å²) in [5, 5.41) is 8.10. The van der Waals surface area contributed by atoms with Gasteiger partial charge >= 0.3 is 0 Å². The Bertz CT molecular complexity index is 537. The van der Waals surface area contributed by atoms with Gasteiger partial charge in [0.1, 0.15) is 24.4 Å². The van der Waals surface area contributed by atoms with Crippen LogP contribution in [0.2, 0.25) is 0 Å². The summed E-state index contributed by atoms with van der Waals surface area (Å²) in [7, 11) is 0. The van der Waals surface area contributed by atoms with E-state index in [1.54, 1.807) is 0 Å². The highest BCUT2D eigenvalue weighted by atomic mass is 35.6. The van der Waals surface area contributed by atoms with Crippen LogP contribution in [0.1, 0.15) is 79.1 Å². The molecule has 1 aliphatic rings. The zero-order valence-corrected chi connectivity index (χ0v) is 23.4. The minimum absolute atomic E-state index is 0.299. The van der Waals surface area contributed by atoms with Crippen LogP contribution in [0.3, 0.4) is 0 Å². The van der Waals surface area contributed by atoms with Crippen molar-refractivity contribution in [2.75, 3.05) is 33.0 Å². The van der Waals surface area contributed by atoms with Crippen molar-refractivity contribution in [1.82, 2.24) is 0 Å². The van der Waals surface area contributed by atoms with Crippen molar-refractivity contribution in [1.29, 1.82) is 5.41 Å². The van der Waals surface area contributed by atoms with Gasteiger partial charge < -0.3 is 28.4 Å². The fourth-order valence-corrected chi connectivity index (χ4v) is 3.53. The molecular weight excluding hydrogens is 505 g/mol. The first-order chi connectivity index (χ1) is 16.3.